The highest BCUT2D eigenvalue weighted by Crippen LogP contribution is 2.40. The third kappa shape index (κ3) is 5.14. The lowest BCUT2D eigenvalue weighted by Crippen LogP contribution is -2.52. The largest absolute Gasteiger partial charge is 0.358 e. The van der Waals surface area contributed by atoms with E-state index in [1.807, 2.05) is 17.0 Å². The van der Waals surface area contributed by atoms with Crippen molar-refractivity contribution in [2.75, 3.05) is 20.1 Å². The summed E-state index contributed by atoms with van der Waals surface area (Å²) in [6.45, 7) is 1.19. The van der Waals surface area contributed by atoms with Crippen LogP contribution >= 0.6 is 0 Å². The number of piperidine rings is 1. The number of hydrogen-bond donors (Lipinski definition) is 4. The molecule has 192 valence electrons. The van der Waals surface area contributed by atoms with Gasteiger partial charge in [-0.15, -0.1) is 0 Å². The summed E-state index contributed by atoms with van der Waals surface area (Å²) in [4.78, 5) is 32.3. The number of hydrazine groups is 1. The fraction of sp³-hybridized carbons (Fsp3) is 0.519. The summed E-state index contributed by atoms with van der Waals surface area (Å²) in [5.74, 6) is -0.263. The smallest absolute Gasteiger partial charge is 0.241 e. The lowest BCUT2D eigenvalue weighted by Gasteiger charge is -2.39. The Morgan fingerprint density at radius 1 is 1.11 bits per heavy atom. The number of benzene rings is 1. The first-order valence-corrected chi connectivity index (χ1v) is 13.0. The molecule has 3 aliphatic rings. The molecule has 0 radical (unpaired) electrons. The number of carbonyl (C=O) groups excluding carboxylic acids is 2. The van der Waals surface area contributed by atoms with E-state index in [1.54, 1.807) is 37.6 Å². The van der Waals surface area contributed by atoms with Gasteiger partial charge in [0.1, 0.15) is 11.9 Å². The number of hydrogen-bond acceptors (Lipinski definition) is 6. The van der Waals surface area contributed by atoms with Crippen LogP contribution in [0.4, 0.5) is 4.39 Å². The molecule has 9 heteroatoms. The van der Waals surface area contributed by atoms with Gasteiger partial charge >= 0.3 is 0 Å². The van der Waals surface area contributed by atoms with Crippen molar-refractivity contribution in [3.05, 3.63) is 65.7 Å². The number of rotatable bonds is 6. The average Bonchev–Trinajstić information content (AvgIpc) is 3.34. The molecule has 2 aromatic rings. The first kappa shape index (κ1) is 24.8. The Kier molecular flexibility index (Phi) is 7.59. The van der Waals surface area contributed by atoms with Crippen LogP contribution in [0.1, 0.15) is 55.3 Å². The maximum absolute atomic E-state index is 14.6. The van der Waals surface area contributed by atoms with Crippen molar-refractivity contribution in [2.24, 2.45) is 11.8 Å². The number of likely N-dealkylation sites (N-methyl/N-ethyl adjacent to an activating group) is 1. The topological polar surface area (TPSA) is 98.4 Å². The first-order valence-electron chi connectivity index (χ1n) is 13.0. The van der Waals surface area contributed by atoms with Gasteiger partial charge in [-0.3, -0.25) is 24.9 Å². The van der Waals surface area contributed by atoms with Gasteiger partial charge in [0.2, 0.25) is 11.8 Å². The molecule has 2 aliphatic heterocycles. The highest BCUT2D eigenvalue weighted by Gasteiger charge is 2.43. The van der Waals surface area contributed by atoms with Gasteiger partial charge in [0.25, 0.3) is 0 Å². The molecule has 6 atom stereocenters. The van der Waals surface area contributed by atoms with Crippen molar-refractivity contribution in [3.63, 3.8) is 0 Å². The van der Waals surface area contributed by atoms with Gasteiger partial charge in [-0.1, -0.05) is 18.2 Å². The van der Waals surface area contributed by atoms with Gasteiger partial charge in [-0.05, 0) is 68.3 Å². The number of halogens is 1. The van der Waals surface area contributed by atoms with Crippen LogP contribution in [0.25, 0.3) is 0 Å². The van der Waals surface area contributed by atoms with Gasteiger partial charge in [-0.2, -0.15) is 0 Å². The molecule has 1 saturated carbocycles. The van der Waals surface area contributed by atoms with Crippen molar-refractivity contribution in [1.82, 2.24) is 31.4 Å². The van der Waals surface area contributed by atoms with Crippen LogP contribution in [0.15, 0.2) is 48.8 Å². The quantitative estimate of drug-likeness (QED) is 0.492. The molecule has 36 heavy (non-hydrogen) atoms. The van der Waals surface area contributed by atoms with Crippen LogP contribution < -0.4 is 21.5 Å². The van der Waals surface area contributed by atoms with Crippen molar-refractivity contribution in [2.45, 2.75) is 56.3 Å². The van der Waals surface area contributed by atoms with E-state index < -0.39 is 11.9 Å². The Bertz CT molecular complexity index is 1070. The zero-order valence-corrected chi connectivity index (χ0v) is 20.6. The predicted molar refractivity (Wildman–Crippen MR) is 134 cm³/mol. The number of pyridine rings is 1. The van der Waals surface area contributed by atoms with Gasteiger partial charge < -0.3 is 10.6 Å². The Hall–Kier alpha value is -2.88. The van der Waals surface area contributed by atoms with Gasteiger partial charge in [0.15, 0.2) is 0 Å². The third-order valence-corrected chi connectivity index (χ3v) is 8.05. The maximum Gasteiger partial charge on any atom is 0.241 e. The van der Waals surface area contributed by atoms with Crippen molar-refractivity contribution in [1.29, 1.82) is 0 Å². The standard InChI is InChI=1S/C27H35FN6O2/c1-29-27(36)25(20-6-2-3-7-22(20)28)34-14-4-5-19(16-34)31-26(35)18-8-9-23-21(15-18)24(33-32-23)17-10-12-30-13-11-17/h2-3,6-7,10-13,18-19,21,23-25,32-33H,4-5,8-9,14-16H2,1H3,(H,29,36)(H,31,35)/t18?,19-,21?,23?,24?,25?/m1/s1. The summed E-state index contributed by atoms with van der Waals surface area (Å²) in [6, 6.07) is 10.2. The lowest BCUT2D eigenvalue weighted by molar-refractivity contribution is -0.128. The molecule has 1 aromatic heterocycles. The molecule has 2 saturated heterocycles. The molecule has 0 bridgehead atoms. The second-order valence-corrected chi connectivity index (χ2v) is 10.2. The Balaban J connectivity index is 1.24. The molecule has 0 spiro atoms. The first-order chi connectivity index (χ1) is 17.5. The molecule has 5 unspecified atom stereocenters. The molecular formula is C27H35FN6O2. The third-order valence-electron chi connectivity index (χ3n) is 8.05. The molecule has 4 N–H and O–H groups in total. The number of aromatic nitrogens is 1. The number of nitrogens with one attached hydrogen (secondary N) is 4. The van der Waals surface area contributed by atoms with Crippen molar-refractivity contribution >= 4 is 11.8 Å². The highest BCUT2D eigenvalue weighted by molar-refractivity contribution is 5.83. The highest BCUT2D eigenvalue weighted by atomic mass is 19.1. The van der Waals surface area contributed by atoms with E-state index in [9.17, 15) is 14.0 Å². The number of likely N-dealkylation sites (tertiary alicyclic amines) is 1. The summed E-state index contributed by atoms with van der Waals surface area (Å²) >= 11 is 0. The SMILES string of the molecule is CNC(=O)C(c1ccccc1F)N1CCC[C@@H](NC(=O)C2CCC3NNC(c4ccncc4)C3C2)C1. The van der Waals surface area contributed by atoms with Gasteiger partial charge in [0, 0.05) is 49.6 Å². The van der Waals surface area contributed by atoms with Crippen LogP contribution in [0.3, 0.4) is 0 Å². The Labute approximate surface area is 211 Å². The monoisotopic (exact) mass is 494 g/mol. The minimum absolute atomic E-state index is 0.0473. The summed E-state index contributed by atoms with van der Waals surface area (Å²) in [7, 11) is 1.57. The lowest BCUT2D eigenvalue weighted by atomic mass is 9.74. The molecular weight excluding hydrogens is 459 g/mol. The summed E-state index contributed by atoms with van der Waals surface area (Å²) in [5.41, 5.74) is 8.40. The average molecular weight is 495 g/mol. The Morgan fingerprint density at radius 2 is 1.92 bits per heavy atom. The van der Waals surface area contributed by atoms with Crippen LogP contribution in [0, 0.1) is 17.7 Å². The van der Waals surface area contributed by atoms with E-state index >= 15 is 0 Å². The molecule has 1 aliphatic carbocycles. The minimum atomic E-state index is -0.719. The zero-order valence-electron chi connectivity index (χ0n) is 20.6. The second-order valence-electron chi connectivity index (χ2n) is 10.2. The molecule has 1 aromatic carbocycles. The zero-order chi connectivity index (χ0) is 25.1. The summed E-state index contributed by atoms with van der Waals surface area (Å²) in [5, 5.41) is 5.96. The van der Waals surface area contributed by atoms with E-state index in [2.05, 4.69) is 26.5 Å². The van der Waals surface area contributed by atoms with Crippen LogP contribution in [-0.4, -0.2) is 53.9 Å². The maximum atomic E-state index is 14.6. The molecule has 3 fully saturated rings. The number of carbonyl (C=O) groups is 2. The normalized spacial score (nSPS) is 29.2. The number of fused-ring (bicyclic) bond motifs is 1. The summed E-state index contributed by atoms with van der Waals surface area (Å²) in [6.07, 6.45) is 7.90. The Morgan fingerprint density at radius 3 is 2.69 bits per heavy atom. The fourth-order valence-electron chi connectivity index (χ4n) is 6.21. The molecule has 2 amide bonds. The number of amides is 2. The van der Waals surface area contributed by atoms with Crippen LogP contribution in [0.2, 0.25) is 0 Å². The van der Waals surface area contributed by atoms with E-state index in [0.717, 1.165) is 32.1 Å². The van der Waals surface area contributed by atoms with E-state index in [0.29, 0.717) is 30.6 Å². The second kappa shape index (κ2) is 11.0. The molecule has 8 nitrogen and oxygen atoms in total. The minimum Gasteiger partial charge on any atom is -0.358 e. The molecule has 3 heterocycles. The van der Waals surface area contributed by atoms with E-state index in [4.69, 9.17) is 0 Å². The summed E-state index contributed by atoms with van der Waals surface area (Å²) < 4.78 is 14.6. The van der Waals surface area contributed by atoms with Crippen molar-refractivity contribution in [3.8, 4) is 0 Å². The number of nitrogens with zero attached hydrogens (tertiary/aromatic N) is 2. The van der Waals surface area contributed by atoms with Crippen LogP contribution in [-0.2, 0) is 9.59 Å². The van der Waals surface area contributed by atoms with Gasteiger partial charge in [0.05, 0.1) is 6.04 Å². The molecule has 5 rings (SSSR count). The van der Waals surface area contributed by atoms with Crippen LogP contribution in [0.5, 0.6) is 0 Å². The van der Waals surface area contributed by atoms with E-state index in [-0.39, 0.29) is 29.8 Å². The van der Waals surface area contributed by atoms with Crippen molar-refractivity contribution < 1.29 is 14.0 Å². The predicted octanol–water partition coefficient (Wildman–Crippen LogP) is 2.22. The van der Waals surface area contributed by atoms with Gasteiger partial charge in [-0.25, -0.2) is 9.82 Å². The fourth-order valence-corrected chi connectivity index (χ4v) is 6.21. The van der Waals surface area contributed by atoms with E-state index in [1.165, 1.54) is 11.6 Å².